The maximum absolute atomic E-state index is 12.3. The predicted molar refractivity (Wildman–Crippen MR) is 65.1 cm³/mol. The molecule has 96 valence electrons. The summed E-state index contributed by atoms with van der Waals surface area (Å²) in [7, 11) is 0. The molecule has 2 N–H and O–H groups in total. The number of carbonyl (C=O) groups is 3. The van der Waals surface area contributed by atoms with Crippen LogP contribution in [0.3, 0.4) is 0 Å². The van der Waals surface area contributed by atoms with Crippen LogP contribution in [0.1, 0.15) is 10.5 Å². The van der Waals surface area contributed by atoms with Gasteiger partial charge in [0.25, 0.3) is 5.91 Å². The van der Waals surface area contributed by atoms with Gasteiger partial charge in [-0.15, -0.1) is 0 Å². The van der Waals surface area contributed by atoms with Crippen molar-refractivity contribution in [2.75, 3.05) is 13.1 Å². The molecule has 19 heavy (non-hydrogen) atoms. The SMILES string of the molecule is O=C1CN(C(=O)c2n[nH]c3ccccc23)CC(=O)N1. The molecule has 0 atom stereocenters. The highest BCUT2D eigenvalue weighted by Crippen LogP contribution is 2.17. The van der Waals surface area contributed by atoms with Crippen LogP contribution in [0.25, 0.3) is 10.9 Å². The summed E-state index contributed by atoms with van der Waals surface area (Å²) in [4.78, 5) is 36.0. The number of hydrogen-bond donors (Lipinski definition) is 2. The summed E-state index contributed by atoms with van der Waals surface area (Å²) < 4.78 is 0. The Morgan fingerprint density at radius 1 is 1.16 bits per heavy atom. The fraction of sp³-hybridized carbons (Fsp3) is 0.167. The van der Waals surface area contributed by atoms with Crippen LogP contribution in [0, 0.1) is 0 Å². The van der Waals surface area contributed by atoms with Gasteiger partial charge >= 0.3 is 0 Å². The molecule has 0 spiro atoms. The lowest BCUT2D eigenvalue weighted by molar-refractivity contribution is -0.135. The first-order chi connectivity index (χ1) is 9.15. The molecule has 1 aromatic carbocycles. The van der Waals surface area contributed by atoms with Gasteiger partial charge in [0.2, 0.25) is 11.8 Å². The number of imide groups is 1. The maximum Gasteiger partial charge on any atom is 0.275 e. The Labute approximate surface area is 107 Å². The van der Waals surface area contributed by atoms with Crippen LogP contribution in [0.5, 0.6) is 0 Å². The second kappa shape index (κ2) is 4.20. The van der Waals surface area contributed by atoms with Crippen molar-refractivity contribution in [3.05, 3.63) is 30.0 Å². The lowest BCUT2D eigenvalue weighted by atomic mass is 10.2. The molecule has 2 aromatic rings. The summed E-state index contributed by atoms with van der Waals surface area (Å²) in [5.41, 5.74) is 0.955. The lowest BCUT2D eigenvalue weighted by Crippen LogP contribution is -2.53. The highest BCUT2D eigenvalue weighted by molar-refractivity contribution is 6.09. The molecule has 2 heterocycles. The van der Waals surface area contributed by atoms with Crippen LogP contribution in [0.4, 0.5) is 0 Å². The number of amides is 3. The van der Waals surface area contributed by atoms with Crippen molar-refractivity contribution in [3.63, 3.8) is 0 Å². The monoisotopic (exact) mass is 258 g/mol. The summed E-state index contributed by atoms with van der Waals surface area (Å²) >= 11 is 0. The number of para-hydroxylation sites is 1. The number of rotatable bonds is 1. The van der Waals surface area contributed by atoms with Crippen molar-refractivity contribution in [2.24, 2.45) is 0 Å². The van der Waals surface area contributed by atoms with E-state index in [1.165, 1.54) is 4.90 Å². The lowest BCUT2D eigenvalue weighted by Gasteiger charge is -2.24. The number of fused-ring (bicyclic) bond motifs is 1. The van der Waals surface area contributed by atoms with E-state index in [2.05, 4.69) is 15.5 Å². The van der Waals surface area contributed by atoms with Crippen LogP contribution in [-0.4, -0.2) is 45.9 Å². The summed E-state index contributed by atoms with van der Waals surface area (Å²) in [5, 5.41) is 9.53. The standard InChI is InChI=1S/C12H10N4O3/c17-9-5-16(6-10(18)13-9)12(19)11-7-3-1-2-4-8(7)14-15-11/h1-4H,5-6H2,(H,14,15)(H,13,17,18). The van der Waals surface area contributed by atoms with Crippen molar-refractivity contribution in [1.82, 2.24) is 20.4 Å². The van der Waals surface area contributed by atoms with Crippen LogP contribution in [0.2, 0.25) is 0 Å². The molecule has 0 radical (unpaired) electrons. The third kappa shape index (κ3) is 1.95. The van der Waals surface area contributed by atoms with Gasteiger partial charge < -0.3 is 4.90 Å². The Bertz CT molecular complexity index is 675. The van der Waals surface area contributed by atoms with E-state index < -0.39 is 17.7 Å². The van der Waals surface area contributed by atoms with E-state index in [-0.39, 0.29) is 18.8 Å². The first kappa shape index (κ1) is 11.4. The molecule has 1 aromatic heterocycles. The van der Waals surface area contributed by atoms with Gasteiger partial charge in [-0.1, -0.05) is 18.2 Å². The Kier molecular flexibility index (Phi) is 2.52. The molecule has 1 fully saturated rings. The third-order valence-electron chi connectivity index (χ3n) is 2.91. The number of nitrogens with one attached hydrogen (secondary N) is 2. The molecule has 0 aliphatic carbocycles. The summed E-state index contributed by atoms with van der Waals surface area (Å²) in [6.45, 7) is -0.266. The quantitative estimate of drug-likeness (QED) is 0.684. The van der Waals surface area contributed by atoms with Gasteiger partial charge in [-0.25, -0.2) is 0 Å². The van der Waals surface area contributed by atoms with E-state index in [9.17, 15) is 14.4 Å². The average molecular weight is 258 g/mol. The number of benzene rings is 1. The third-order valence-corrected chi connectivity index (χ3v) is 2.91. The van der Waals surface area contributed by atoms with Gasteiger partial charge in [-0.2, -0.15) is 5.10 Å². The Morgan fingerprint density at radius 3 is 2.58 bits per heavy atom. The largest absolute Gasteiger partial charge is 0.319 e. The fourth-order valence-electron chi connectivity index (χ4n) is 2.06. The summed E-state index contributed by atoms with van der Waals surface area (Å²) in [5.74, 6) is -1.39. The highest BCUT2D eigenvalue weighted by Gasteiger charge is 2.29. The average Bonchev–Trinajstić information content (AvgIpc) is 2.80. The van der Waals surface area contributed by atoms with Crippen LogP contribution >= 0.6 is 0 Å². The van der Waals surface area contributed by atoms with Gasteiger partial charge in [0.15, 0.2) is 5.69 Å². The minimum absolute atomic E-state index is 0.133. The van der Waals surface area contributed by atoms with E-state index in [0.29, 0.717) is 5.39 Å². The smallest absolute Gasteiger partial charge is 0.275 e. The molecule has 3 amide bonds. The van der Waals surface area contributed by atoms with E-state index in [4.69, 9.17) is 0 Å². The van der Waals surface area contributed by atoms with Crippen LogP contribution in [0.15, 0.2) is 24.3 Å². The second-order valence-electron chi connectivity index (χ2n) is 4.25. The van der Waals surface area contributed by atoms with Gasteiger partial charge in [0.05, 0.1) is 5.52 Å². The van der Waals surface area contributed by atoms with Crippen molar-refractivity contribution < 1.29 is 14.4 Å². The molecular formula is C12H10N4O3. The van der Waals surface area contributed by atoms with E-state index in [0.717, 1.165) is 5.52 Å². The molecular weight excluding hydrogens is 248 g/mol. The molecule has 0 unspecified atom stereocenters. The molecule has 0 saturated carbocycles. The van der Waals surface area contributed by atoms with Crippen LogP contribution < -0.4 is 5.32 Å². The normalized spacial score (nSPS) is 15.7. The zero-order valence-electron chi connectivity index (χ0n) is 9.84. The Morgan fingerprint density at radius 2 is 1.84 bits per heavy atom. The van der Waals surface area contributed by atoms with Crippen LogP contribution in [-0.2, 0) is 9.59 Å². The van der Waals surface area contributed by atoms with Crippen molar-refractivity contribution >= 4 is 28.6 Å². The summed E-state index contributed by atoms with van der Waals surface area (Å²) in [6, 6.07) is 7.18. The van der Waals surface area contributed by atoms with Crippen molar-refractivity contribution in [1.29, 1.82) is 0 Å². The minimum atomic E-state index is -0.482. The molecule has 3 rings (SSSR count). The molecule has 0 bridgehead atoms. The maximum atomic E-state index is 12.3. The fourth-order valence-corrected chi connectivity index (χ4v) is 2.06. The number of hydrogen-bond acceptors (Lipinski definition) is 4. The highest BCUT2D eigenvalue weighted by atomic mass is 16.2. The molecule has 7 nitrogen and oxygen atoms in total. The molecule has 1 aliphatic rings. The number of carbonyl (C=O) groups excluding carboxylic acids is 3. The molecule has 1 aliphatic heterocycles. The molecule has 7 heteroatoms. The number of aromatic amines is 1. The van der Waals surface area contributed by atoms with Crippen molar-refractivity contribution in [3.8, 4) is 0 Å². The van der Waals surface area contributed by atoms with Gasteiger partial charge in [0, 0.05) is 5.39 Å². The summed E-state index contributed by atoms with van der Waals surface area (Å²) in [6.07, 6.45) is 0. The number of nitrogens with zero attached hydrogens (tertiary/aromatic N) is 2. The van der Waals surface area contributed by atoms with Crippen molar-refractivity contribution in [2.45, 2.75) is 0 Å². The van der Waals surface area contributed by atoms with E-state index in [1.54, 1.807) is 18.2 Å². The second-order valence-corrected chi connectivity index (χ2v) is 4.25. The number of piperazine rings is 1. The predicted octanol–water partition coefficient (Wildman–Crippen LogP) is -0.339. The number of aromatic nitrogens is 2. The van der Waals surface area contributed by atoms with Gasteiger partial charge in [-0.05, 0) is 6.07 Å². The van der Waals surface area contributed by atoms with Gasteiger partial charge in [0.1, 0.15) is 13.1 Å². The number of H-pyrrole nitrogens is 1. The minimum Gasteiger partial charge on any atom is -0.319 e. The zero-order chi connectivity index (χ0) is 13.4. The Balaban J connectivity index is 1.95. The first-order valence-electron chi connectivity index (χ1n) is 5.70. The first-order valence-corrected chi connectivity index (χ1v) is 5.70. The molecule has 1 saturated heterocycles. The topological polar surface area (TPSA) is 95.2 Å². The zero-order valence-corrected chi connectivity index (χ0v) is 9.84. The van der Waals surface area contributed by atoms with E-state index in [1.807, 2.05) is 6.07 Å². The Hall–Kier alpha value is -2.70. The van der Waals surface area contributed by atoms with E-state index >= 15 is 0 Å². The van der Waals surface area contributed by atoms with Gasteiger partial charge in [-0.3, -0.25) is 24.8 Å².